The molecule has 0 spiro atoms. The highest BCUT2D eigenvalue weighted by atomic mass is 35.5. The zero-order valence-corrected chi connectivity index (χ0v) is 24.7. The number of halogens is 4. The molecule has 1 amide bonds. The maximum Gasteiger partial charge on any atom is 0.423 e. The van der Waals surface area contributed by atoms with Crippen LogP contribution in [0.3, 0.4) is 0 Å². The Bertz CT molecular complexity index is 1560. The molecule has 1 aliphatic carbocycles. The number of amides is 1. The van der Waals surface area contributed by atoms with Crippen molar-refractivity contribution in [2.45, 2.75) is 37.9 Å². The molecule has 0 bridgehead atoms. The first-order valence-electron chi connectivity index (χ1n) is 13.2. The van der Waals surface area contributed by atoms with Crippen LogP contribution in [0.1, 0.15) is 41.5 Å². The lowest BCUT2D eigenvalue weighted by Gasteiger charge is -2.24. The van der Waals surface area contributed by atoms with E-state index in [1.54, 1.807) is 31.2 Å². The summed E-state index contributed by atoms with van der Waals surface area (Å²) in [6, 6.07) is 11.9. The predicted octanol–water partition coefficient (Wildman–Crippen LogP) is 5.60. The number of ether oxygens (including phenoxy) is 3. The third-order valence-electron chi connectivity index (χ3n) is 6.45. The van der Waals surface area contributed by atoms with Crippen molar-refractivity contribution in [1.29, 1.82) is 0 Å². The average molecular weight is 644 g/mol. The van der Waals surface area contributed by atoms with Gasteiger partial charge in [-0.1, -0.05) is 48.9 Å². The molecule has 232 valence electrons. The van der Waals surface area contributed by atoms with Gasteiger partial charge in [-0.3, -0.25) is 0 Å². The third kappa shape index (κ3) is 8.28. The summed E-state index contributed by atoms with van der Waals surface area (Å²) in [6.45, 7) is 2.51. The minimum absolute atomic E-state index is 0.108. The summed E-state index contributed by atoms with van der Waals surface area (Å²) in [5.74, 6) is -0.524. The number of pyridine rings is 1. The molecular formula is C28H29ClF3N3O7S. The maximum atomic E-state index is 13.2. The second kappa shape index (κ2) is 13.8. The lowest BCUT2D eigenvalue weighted by atomic mass is 9.89. The van der Waals surface area contributed by atoms with Crippen LogP contribution in [0.2, 0.25) is 5.02 Å². The molecule has 1 aromatic heterocycles. The van der Waals surface area contributed by atoms with Crippen LogP contribution in [-0.4, -0.2) is 52.4 Å². The molecule has 2 unspecified atom stereocenters. The Balaban J connectivity index is 1.73. The average Bonchev–Trinajstić information content (AvgIpc) is 3.29. The van der Waals surface area contributed by atoms with E-state index in [0.717, 1.165) is 11.1 Å². The van der Waals surface area contributed by atoms with Crippen molar-refractivity contribution in [3.05, 3.63) is 82.0 Å². The molecule has 0 saturated carbocycles. The fourth-order valence-corrected chi connectivity index (χ4v) is 5.71. The van der Waals surface area contributed by atoms with Gasteiger partial charge in [0.15, 0.2) is 0 Å². The van der Waals surface area contributed by atoms with E-state index in [0.29, 0.717) is 30.0 Å². The number of nitrogens with zero attached hydrogens (tertiary/aromatic N) is 1. The van der Waals surface area contributed by atoms with E-state index in [-0.39, 0.29) is 42.8 Å². The van der Waals surface area contributed by atoms with E-state index in [1.165, 1.54) is 13.2 Å². The van der Waals surface area contributed by atoms with Crippen LogP contribution in [0.15, 0.2) is 54.7 Å². The van der Waals surface area contributed by atoms with Gasteiger partial charge in [0.2, 0.25) is 5.88 Å². The Morgan fingerprint density at radius 2 is 1.88 bits per heavy atom. The fraction of sp³-hybridized carbons (Fsp3) is 0.357. The monoisotopic (exact) mass is 643 g/mol. The van der Waals surface area contributed by atoms with Gasteiger partial charge >= 0.3 is 22.6 Å². The van der Waals surface area contributed by atoms with Crippen LogP contribution in [-0.2, 0) is 31.8 Å². The van der Waals surface area contributed by atoms with E-state index in [9.17, 15) is 26.4 Å². The van der Waals surface area contributed by atoms with Crippen LogP contribution >= 0.6 is 11.6 Å². The van der Waals surface area contributed by atoms with Gasteiger partial charge in [-0.05, 0) is 36.1 Å². The molecule has 1 heterocycles. The van der Waals surface area contributed by atoms with Crippen molar-refractivity contribution < 1.29 is 44.8 Å². The Morgan fingerprint density at radius 1 is 1.12 bits per heavy atom. The van der Waals surface area contributed by atoms with Crippen LogP contribution < -0.4 is 19.5 Å². The number of carbonyl (C=O) groups excluding carboxylic acids is 1. The maximum absolute atomic E-state index is 13.2. The van der Waals surface area contributed by atoms with E-state index in [2.05, 4.69) is 19.2 Å². The van der Waals surface area contributed by atoms with Gasteiger partial charge in [-0.15, -0.1) is 0 Å². The molecule has 15 heteroatoms. The van der Waals surface area contributed by atoms with Gasteiger partial charge in [-0.25, -0.2) is 9.78 Å². The Kier molecular flexibility index (Phi) is 10.4. The van der Waals surface area contributed by atoms with Crippen molar-refractivity contribution in [3.63, 3.8) is 0 Å². The minimum Gasteiger partial charge on any atom is -0.491 e. The fourth-order valence-electron chi connectivity index (χ4n) is 4.61. The first-order chi connectivity index (χ1) is 20.4. The molecule has 0 fully saturated rings. The first kappa shape index (κ1) is 32.3. The number of alkyl halides is 3. The van der Waals surface area contributed by atoms with Crippen molar-refractivity contribution in [1.82, 2.24) is 15.0 Å². The van der Waals surface area contributed by atoms with E-state index < -0.39 is 40.1 Å². The van der Waals surface area contributed by atoms with Gasteiger partial charge in [0.1, 0.15) is 23.1 Å². The molecular weight excluding hydrogens is 615 g/mol. The van der Waals surface area contributed by atoms with Crippen LogP contribution in [0, 0.1) is 0 Å². The second-order valence-electron chi connectivity index (χ2n) is 9.51. The molecule has 2 aromatic carbocycles. The third-order valence-corrected chi connectivity index (χ3v) is 7.68. The Hall–Kier alpha value is -3.59. The van der Waals surface area contributed by atoms with Crippen molar-refractivity contribution in [2.75, 3.05) is 26.9 Å². The minimum atomic E-state index is -4.66. The topological polar surface area (TPSA) is 125 Å². The molecule has 43 heavy (non-hydrogen) atoms. The molecule has 0 saturated heterocycles. The van der Waals surface area contributed by atoms with Gasteiger partial charge < -0.3 is 23.7 Å². The lowest BCUT2D eigenvalue weighted by Crippen LogP contribution is -2.41. The zero-order chi connectivity index (χ0) is 31.2. The molecule has 0 radical (unpaired) electrons. The summed E-state index contributed by atoms with van der Waals surface area (Å²) in [5, 5.41) is 1.96. The largest absolute Gasteiger partial charge is 0.491 e. The highest BCUT2D eigenvalue weighted by molar-refractivity contribution is 7.85. The lowest BCUT2D eigenvalue weighted by molar-refractivity contribution is -0.137. The number of methoxy groups -OCH3 is 1. The van der Waals surface area contributed by atoms with Crippen molar-refractivity contribution in [3.8, 4) is 17.4 Å². The smallest absolute Gasteiger partial charge is 0.423 e. The number of hydrogen-bond acceptors (Lipinski definition) is 8. The number of nitrogens with one attached hydrogen (secondary N) is 2. The standard InChI is InChI=1S/C28H29ClF3N3O7S/c1-3-10-33-27(36)42-43(37,38)35-23-13-17-6-4-5-7-20(17)25(23)21-9-8-19(40-12-11-39-2)15-24(21)41-26-22(29)14-18(16-34-26)28(30,31)32/h4-9,14-16,23,25,35H,3,10-13H2,1-2H3,(H,33,36). The Morgan fingerprint density at radius 3 is 2.58 bits per heavy atom. The van der Waals surface area contributed by atoms with Crippen LogP contribution in [0.5, 0.6) is 17.4 Å². The molecule has 1 aliphatic rings. The van der Waals surface area contributed by atoms with Crippen LogP contribution in [0.25, 0.3) is 0 Å². The first-order valence-corrected chi connectivity index (χ1v) is 14.9. The highest BCUT2D eigenvalue weighted by Gasteiger charge is 2.39. The number of fused-ring (bicyclic) bond motifs is 1. The van der Waals surface area contributed by atoms with E-state index in [4.69, 9.17) is 25.8 Å². The normalized spacial score (nSPS) is 16.4. The number of benzene rings is 2. The molecule has 2 N–H and O–H groups in total. The molecule has 4 rings (SSSR count). The summed E-state index contributed by atoms with van der Waals surface area (Å²) < 4.78 is 89.1. The molecule has 2 atom stereocenters. The summed E-state index contributed by atoms with van der Waals surface area (Å²) in [6.07, 6.45) is -4.36. The zero-order valence-electron chi connectivity index (χ0n) is 23.1. The number of aromatic nitrogens is 1. The number of carbonyl (C=O) groups is 1. The second-order valence-corrected chi connectivity index (χ2v) is 11.2. The Labute approximate surface area is 251 Å². The summed E-state index contributed by atoms with van der Waals surface area (Å²) >= 11 is 6.14. The number of rotatable bonds is 12. The summed E-state index contributed by atoms with van der Waals surface area (Å²) in [4.78, 5) is 15.8. The summed E-state index contributed by atoms with van der Waals surface area (Å²) in [5.41, 5.74) is 0.983. The van der Waals surface area contributed by atoms with Crippen molar-refractivity contribution >= 4 is 28.0 Å². The summed E-state index contributed by atoms with van der Waals surface area (Å²) in [7, 11) is -3.05. The van der Waals surface area contributed by atoms with Crippen molar-refractivity contribution in [2.24, 2.45) is 0 Å². The van der Waals surface area contributed by atoms with Gasteiger partial charge in [-0.2, -0.15) is 26.3 Å². The number of hydrogen-bond donors (Lipinski definition) is 2. The molecule has 10 nitrogen and oxygen atoms in total. The molecule has 3 aromatic rings. The van der Waals surface area contributed by atoms with E-state index in [1.807, 2.05) is 12.1 Å². The van der Waals surface area contributed by atoms with Gasteiger partial charge in [0.25, 0.3) is 0 Å². The highest BCUT2D eigenvalue weighted by Crippen LogP contribution is 2.45. The van der Waals surface area contributed by atoms with Gasteiger partial charge in [0, 0.05) is 43.4 Å². The van der Waals surface area contributed by atoms with Crippen LogP contribution in [0.4, 0.5) is 18.0 Å². The molecule has 0 aliphatic heterocycles. The van der Waals surface area contributed by atoms with Gasteiger partial charge in [0.05, 0.1) is 12.2 Å². The van der Waals surface area contributed by atoms with E-state index >= 15 is 0 Å². The predicted molar refractivity (Wildman–Crippen MR) is 151 cm³/mol. The quantitative estimate of drug-likeness (QED) is 0.245. The SMILES string of the molecule is CCCNC(=O)OS(=O)(=O)NC1Cc2ccccc2C1c1ccc(OCCOC)cc1Oc1ncc(C(F)(F)F)cc1Cl.